The first-order chi connectivity index (χ1) is 15.2. The lowest BCUT2D eigenvalue weighted by molar-refractivity contribution is -0.113. The molecule has 0 saturated heterocycles. The average Bonchev–Trinajstić information content (AvgIpc) is 2.84. The third-order valence-electron chi connectivity index (χ3n) is 4.39. The molecule has 4 aromatic rings. The number of nitrogens with zero attached hydrogens (tertiary/aromatic N) is 4. The fraction of sp³-hybridized carbons (Fsp3) is 0.0417. The quantitative estimate of drug-likeness (QED) is 0.448. The van der Waals surface area contributed by atoms with Crippen molar-refractivity contribution < 1.29 is 4.79 Å². The van der Waals surface area contributed by atoms with Crippen LogP contribution in [0.15, 0.2) is 90.1 Å². The lowest BCUT2D eigenvalue weighted by atomic mass is 10.0. The van der Waals surface area contributed by atoms with Crippen molar-refractivity contribution in [2.24, 2.45) is 0 Å². The molecule has 0 aliphatic carbocycles. The Hall–Kier alpha value is -4.02. The number of carbonyl (C=O) groups excluding carboxylic acids is 1. The van der Waals surface area contributed by atoms with Crippen molar-refractivity contribution in [3.05, 3.63) is 90.5 Å². The average molecular weight is 424 g/mol. The van der Waals surface area contributed by atoms with Crippen molar-refractivity contribution in [1.29, 1.82) is 5.26 Å². The van der Waals surface area contributed by atoms with Crippen molar-refractivity contribution in [3.63, 3.8) is 0 Å². The molecule has 1 aromatic heterocycles. The van der Waals surface area contributed by atoms with Gasteiger partial charge in [-0.25, -0.2) is 4.98 Å². The minimum absolute atomic E-state index is 0.139. The van der Waals surface area contributed by atoms with E-state index in [4.69, 9.17) is 10.2 Å². The van der Waals surface area contributed by atoms with Crippen molar-refractivity contribution >= 4 is 23.4 Å². The highest BCUT2D eigenvalue weighted by Gasteiger charge is 2.14. The maximum Gasteiger partial charge on any atom is 0.234 e. The van der Waals surface area contributed by atoms with E-state index < -0.39 is 0 Å². The minimum atomic E-state index is -0.188. The summed E-state index contributed by atoms with van der Waals surface area (Å²) in [7, 11) is 0. The van der Waals surface area contributed by atoms with Gasteiger partial charge in [0.1, 0.15) is 11.4 Å². The van der Waals surface area contributed by atoms with Crippen LogP contribution in [0.4, 0.5) is 5.69 Å². The maximum absolute atomic E-state index is 12.3. The number of hydrogen-bond donors (Lipinski definition) is 1. The summed E-state index contributed by atoms with van der Waals surface area (Å²) >= 11 is 1.22. The van der Waals surface area contributed by atoms with Crippen LogP contribution in [-0.4, -0.2) is 26.8 Å². The van der Waals surface area contributed by atoms with Gasteiger partial charge >= 0.3 is 0 Å². The van der Waals surface area contributed by atoms with Crippen molar-refractivity contribution in [2.75, 3.05) is 11.1 Å². The SMILES string of the molecule is N#Cc1ccc(NC(=O)CSc2nnc(-c3ccccc3)c(-c3ccccc3)n2)cc1. The molecule has 31 heavy (non-hydrogen) atoms. The minimum Gasteiger partial charge on any atom is -0.325 e. The lowest BCUT2D eigenvalue weighted by Crippen LogP contribution is -2.14. The van der Waals surface area contributed by atoms with Crippen LogP contribution in [0.3, 0.4) is 0 Å². The Morgan fingerprint density at radius 1 is 0.839 bits per heavy atom. The van der Waals surface area contributed by atoms with E-state index in [1.807, 2.05) is 66.7 Å². The predicted octanol–water partition coefficient (Wildman–Crippen LogP) is 4.81. The highest BCUT2D eigenvalue weighted by Crippen LogP contribution is 2.29. The van der Waals surface area contributed by atoms with Crippen LogP contribution in [0.25, 0.3) is 22.5 Å². The van der Waals surface area contributed by atoms with Gasteiger partial charge in [-0.2, -0.15) is 5.26 Å². The van der Waals surface area contributed by atoms with Crippen LogP contribution < -0.4 is 5.32 Å². The van der Waals surface area contributed by atoms with E-state index in [2.05, 4.69) is 15.5 Å². The highest BCUT2D eigenvalue weighted by atomic mass is 32.2. The first kappa shape index (κ1) is 20.3. The summed E-state index contributed by atoms with van der Waals surface area (Å²) in [6.07, 6.45) is 0. The zero-order valence-electron chi connectivity index (χ0n) is 16.4. The first-order valence-corrected chi connectivity index (χ1v) is 10.5. The smallest absolute Gasteiger partial charge is 0.234 e. The van der Waals surface area contributed by atoms with Gasteiger partial charge in [-0.1, -0.05) is 72.4 Å². The van der Waals surface area contributed by atoms with Crippen LogP contribution in [-0.2, 0) is 4.79 Å². The second kappa shape index (κ2) is 9.65. The molecule has 1 amide bonds. The van der Waals surface area contributed by atoms with Gasteiger partial charge in [0.05, 0.1) is 17.4 Å². The van der Waals surface area contributed by atoms with Gasteiger partial charge < -0.3 is 5.32 Å². The topological polar surface area (TPSA) is 91.6 Å². The molecule has 0 aliphatic heterocycles. The number of thioether (sulfide) groups is 1. The third-order valence-corrected chi connectivity index (χ3v) is 5.23. The normalized spacial score (nSPS) is 10.3. The molecule has 0 bridgehead atoms. The predicted molar refractivity (Wildman–Crippen MR) is 121 cm³/mol. The molecule has 150 valence electrons. The highest BCUT2D eigenvalue weighted by molar-refractivity contribution is 7.99. The fourth-order valence-electron chi connectivity index (χ4n) is 2.92. The van der Waals surface area contributed by atoms with Crippen molar-refractivity contribution in [2.45, 2.75) is 5.16 Å². The summed E-state index contributed by atoms with van der Waals surface area (Å²) in [4.78, 5) is 17.0. The Bertz CT molecular complexity index is 1220. The van der Waals surface area contributed by atoms with Crippen molar-refractivity contribution in [3.8, 4) is 28.6 Å². The number of hydrogen-bond acceptors (Lipinski definition) is 6. The number of benzene rings is 3. The summed E-state index contributed by atoms with van der Waals surface area (Å²) in [6.45, 7) is 0. The Labute approximate surface area is 184 Å². The van der Waals surface area contributed by atoms with E-state index in [1.165, 1.54) is 11.8 Å². The molecule has 0 aliphatic rings. The number of aromatic nitrogens is 3. The molecule has 3 aromatic carbocycles. The number of amides is 1. The first-order valence-electron chi connectivity index (χ1n) is 9.51. The van der Waals surface area contributed by atoms with E-state index in [-0.39, 0.29) is 11.7 Å². The van der Waals surface area contributed by atoms with Gasteiger partial charge in [0.15, 0.2) is 0 Å². The number of anilines is 1. The second-order valence-electron chi connectivity index (χ2n) is 6.55. The number of nitriles is 1. The molecule has 1 N–H and O–H groups in total. The monoisotopic (exact) mass is 423 g/mol. The van der Waals surface area contributed by atoms with E-state index in [0.717, 1.165) is 16.8 Å². The van der Waals surface area contributed by atoms with E-state index in [1.54, 1.807) is 24.3 Å². The molecule has 7 heteroatoms. The van der Waals surface area contributed by atoms with E-state index >= 15 is 0 Å². The Kier molecular flexibility index (Phi) is 6.31. The van der Waals surface area contributed by atoms with Gasteiger partial charge in [-0.15, -0.1) is 10.2 Å². The molecular formula is C24H17N5OS. The van der Waals surface area contributed by atoms with Gasteiger partial charge in [-0.05, 0) is 24.3 Å². The van der Waals surface area contributed by atoms with E-state index in [9.17, 15) is 4.79 Å². The van der Waals surface area contributed by atoms with Crippen molar-refractivity contribution in [1.82, 2.24) is 15.2 Å². The standard InChI is InChI=1S/C24H17N5OS/c25-15-17-11-13-20(14-12-17)26-21(30)16-31-24-27-22(18-7-3-1-4-8-18)23(28-29-24)19-9-5-2-6-10-19/h1-14H,16H2,(H,26,30). The second-order valence-corrected chi connectivity index (χ2v) is 7.49. The molecule has 6 nitrogen and oxygen atoms in total. The Morgan fingerprint density at radius 3 is 2.06 bits per heavy atom. The summed E-state index contributed by atoms with van der Waals surface area (Å²) in [5.74, 6) is -0.0488. The molecule has 4 rings (SSSR count). The van der Waals surface area contributed by atoms with E-state index in [0.29, 0.717) is 22.1 Å². The molecule has 0 saturated carbocycles. The lowest BCUT2D eigenvalue weighted by Gasteiger charge is -2.09. The van der Waals surface area contributed by atoms with Crippen LogP contribution in [0, 0.1) is 11.3 Å². The summed E-state index contributed by atoms with van der Waals surface area (Å²) in [5.41, 5.74) is 4.44. The fourth-order valence-corrected chi connectivity index (χ4v) is 3.50. The van der Waals surface area contributed by atoms with Crippen LogP contribution in [0.1, 0.15) is 5.56 Å². The largest absolute Gasteiger partial charge is 0.325 e. The van der Waals surface area contributed by atoms with Gasteiger partial charge in [0, 0.05) is 16.8 Å². The number of nitrogens with one attached hydrogen (secondary N) is 1. The number of rotatable bonds is 6. The zero-order valence-corrected chi connectivity index (χ0v) is 17.2. The van der Waals surface area contributed by atoms with Gasteiger partial charge in [-0.3, -0.25) is 4.79 Å². The van der Waals surface area contributed by atoms with Crippen LogP contribution >= 0.6 is 11.8 Å². The summed E-state index contributed by atoms with van der Waals surface area (Å²) in [5, 5.41) is 20.7. The van der Waals surface area contributed by atoms with Crippen LogP contribution in [0.5, 0.6) is 0 Å². The maximum atomic E-state index is 12.3. The molecule has 1 heterocycles. The molecule has 0 atom stereocenters. The molecule has 0 radical (unpaired) electrons. The van der Waals surface area contributed by atoms with Gasteiger partial charge in [0.2, 0.25) is 11.1 Å². The zero-order chi connectivity index (χ0) is 21.5. The number of carbonyl (C=O) groups is 1. The van der Waals surface area contributed by atoms with Gasteiger partial charge in [0.25, 0.3) is 0 Å². The molecule has 0 unspecified atom stereocenters. The summed E-state index contributed by atoms with van der Waals surface area (Å²) in [6, 6.07) is 28.3. The third kappa shape index (κ3) is 5.13. The molecule has 0 fully saturated rings. The summed E-state index contributed by atoms with van der Waals surface area (Å²) < 4.78 is 0. The van der Waals surface area contributed by atoms with Crippen LogP contribution in [0.2, 0.25) is 0 Å². The Morgan fingerprint density at radius 2 is 1.45 bits per heavy atom. The molecular weight excluding hydrogens is 406 g/mol. The molecule has 0 spiro atoms. The Balaban J connectivity index is 1.52.